The summed E-state index contributed by atoms with van der Waals surface area (Å²) >= 11 is 0. The fourth-order valence-electron chi connectivity index (χ4n) is 2.28. The van der Waals surface area contributed by atoms with Crippen LogP contribution in [0.4, 0.5) is 0 Å². The molecule has 1 aromatic rings. The standard InChI is InChI=1S/C15H19NO5/c1-20-11-5-2-4-10(8-11)9-12(15(18)19)16-14(17)13-6-3-7-21-13/h2,4-5,8,12-13H,3,6-7,9H2,1H3,(H,16,17)(H,18,19)/t12-,13-/m0/s1. The minimum atomic E-state index is -1.07. The van der Waals surface area contributed by atoms with Crippen molar-refractivity contribution in [2.45, 2.75) is 31.4 Å². The average Bonchev–Trinajstić information content (AvgIpc) is 3.01. The lowest BCUT2D eigenvalue weighted by atomic mass is 10.1. The largest absolute Gasteiger partial charge is 0.497 e. The van der Waals surface area contributed by atoms with Crippen molar-refractivity contribution < 1.29 is 24.2 Å². The van der Waals surface area contributed by atoms with Gasteiger partial charge < -0.3 is 19.9 Å². The molecule has 2 atom stereocenters. The Hall–Kier alpha value is -2.08. The smallest absolute Gasteiger partial charge is 0.326 e. The van der Waals surface area contributed by atoms with Gasteiger partial charge in [0.25, 0.3) is 0 Å². The van der Waals surface area contributed by atoms with Crippen molar-refractivity contribution in [3.05, 3.63) is 29.8 Å². The summed E-state index contributed by atoms with van der Waals surface area (Å²) in [5.41, 5.74) is 0.786. The molecule has 0 saturated carbocycles. The van der Waals surface area contributed by atoms with Crippen molar-refractivity contribution in [1.82, 2.24) is 5.32 Å². The Morgan fingerprint density at radius 2 is 2.33 bits per heavy atom. The van der Waals surface area contributed by atoms with Crippen molar-refractivity contribution in [3.63, 3.8) is 0 Å². The number of hydrogen-bond donors (Lipinski definition) is 2. The van der Waals surface area contributed by atoms with Gasteiger partial charge in [0.05, 0.1) is 7.11 Å². The number of amides is 1. The van der Waals surface area contributed by atoms with Crippen LogP contribution < -0.4 is 10.1 Å². The van der Waals surface area contributed by atoms with Crippen LogP contribution in [0.15, 0.2) is 24.3 Å². The molecule has 1 aliphatic rings. The van der Waals surface area contributed by atoms with E-state index in [4.69, 9.17) is 9.47 Å². The van der Waals surface area contributed by atoms with Crippen LogP contribution in [0.2, 0.25) is 0 Å². The molecule has 114 valence electrons. The molecule has 2 N–H and O–H groups in total. The molecule has 1 saturated heterocycles. The zero-order valence-electron chi connectivity index (χ0n) is 11.9. The zero-order chi connectivity index (χ0) is 15.2. The second-order valence-electron chi connectivity index (χ2n) is 4.96. The van der Waals surface area contributed by atoms with E-state index in [9.17, 15) is 14.7 Å². The number of hydrogen-bond acceptors (Lipinski definition) is 4. The Morgan fingerprint density at radius 3 is 2.95 bits per heavy atom. The van der Waals surface area contributed by atoms with Crippen molar-refractivity contribution in [2.75, 3.05) is 13.7 Å². The first-order chi connectivity index (χ1) is 10.1. The molecule has 0 bridgehead atoms. The highest BCUT2D eigenvalue weighted by atomic mass is 16.5. The van der Waals surface area contributed by atoms with Crippen molar-refractivity contribution in [1.29, 1.82) is 0 Å². The summed E-state index contributed by atoms with van der Waals surface area (Å²) in [5, 5.41) is 11.8. The molecule has 1 fully saturated rings. The van der Waals surface area contributed by atoms with Crippen molar-refractivity contribution >= 4 is 11.9 Å². The molecule has 1 heterocycles. The number of carboxylic acids is 1. The Balaban J connectivity index is 2.01. The van der Waals surface area contributed by atoms with E-state index in [1.807, 2.05) is 0 Å². The maximum Gasteiger partial charge on any atom is 0.326 e. The predicted octanol–water partition coefficient (Wildman–Crippen LogP) is 0.986. The molecular weight excluding hydrogens is 274 g/mol. The molecule has 0 unspecified atom stereocenters. The highest BCUT2D eigenvalue weighted by Gasteiger charge is 2.28. The van der Waals surface area contributed by atoms with Gasteiger partial charge in [-0.25, -0.2) is 4.79 Å². The summed E-state index contributed by atoms with van der Waals surface area (Å²) in [5.74, 6) is -0.769. The molecule has 1 aliphatic heterocycles. The number of methoxy groups -OCH3 is 1. The van der Waals surface area contributed by atoms with E-state index in [1.54, 1.807) is 31.4 Å². The Bertz CT molecular complexity index is 511. The average molecular weight is 293 g/mol. The molecule has 0 aliphatic carbocycles. The van der Waals surface area contributed by atoms with E-state index in [2.05, 4.69) is 5.32 Å². The zero-order valence-corrected chi connectivity index (χ0v) is 11.9. The van der Waals surface area contributed by atoms with Gasteiger partial charge in [0.15, 0.2) is 0 Å². The highest BCUT2D eigenvalue weighted by Crippen LogP contribution is 2.15. The van der Waals surface area contributed by atoms with Gasteiger partial charge in [0.1, 0.15) is 17.9 Å². The van der Waals surface area contributed by atoms with Crippen LogP contribution in [0.5, 0.6) is 5.75 Å². The molecule has 2 rings (SSSR count). The third-order valence-electron chi connectivity index (χ3n) is 3.41. The molecule has 0 spiro atoms. The SMILES string of the molecule is COc1cccc(C[C@H](NC(=O)[C@@H]2CCCO2)C(=O)O)c1. The number of carbonyl (C=O) groups is 2. The quantitative estimate of drug-likeness (QED) is 0.817. The molecule has 1 amide bonds. The van der Waals surface area contributed by atoms with Crippen LogP contribution in [0.25, 0.3) is 0 Å². The van der Waals surface area contributed by atoms with E-state index in [1.165, 1.54) is 0 Å². The maximum atomic E-state index is 11.9. The molecule has 21 heavy (non-hydrogen) atoms. The van der Waals surface area contributed by atoms with Gasteiger partial charge >= 0.3 is 5.97 Å². The number of carbonyl (C=O) groups excluding carboxylic acids is 1. The van der Waals surface area contributed by atoms with E-state index in [0.717, 1.165) is 12.0 Å². The highest BCUT2D eigenvalue weighted by molar-refractivity contribution is 5.86. The van der Waals surface area contributed by atoms with E-state index in [0.29, 0.717) is 18.8 Å². The van der Waals surface area contributed by atoms with Crippen LogP contribution in [0.3, 0.4) is 0 Å². The normalized spacial score (nSPS) is 19.0. The Labute approximate surface area is 123 Å². The first-order valence-electron chi connectivity index (χ1n) is 6.88. The summed E-state index contributed by atoms with van der Waals surface area (Å²) in [4.78, 5) is 23.3. The van der Waals surface area contributed by atoms with Gasteiger partial charge in [0, 0.05) is 13.0 Å². The van der Waals surface area contributed by atoms with Crippen LogP contribution in [0, 0.1) is 0 Å². The molecule has 0 aromatic heterocycles. The molecular formula is C15H19NO5. The lowest BCUT2D eigenvalue weighted by Crippen LogP contribution is -2.46. The van der Waals surface area contributed by atoms with E-state index in [-0.39, 0.29) is 12.3 Å². The third kappa shape index (κ3) is 4.19. The van der Waals surface area contributed by atoms with Crippen LogP contribution in [-0.2, 0) is 20.7 Å². The molecule has 6 heteroatoms. The van der Waals surface area contributed by atoms with Gasteiger partial charge in [-0.05, 0) is 30.5 Å². The lowest BCUT2D eigenvalue weighted by molar-refractivity contribution is -0.143. The Kier molecular flexibility index (Phi) is 5.16. The summed E-state index contributed by atoms with van der Waals surface area (Å²) < 4.78 is 10.4. The second-order valence-corrected chi connectivity index (χ2v) is 4.96. The van der Waals surface area contributed by atoms with E-state index >= 15 is 0 Å². The summed E-state index contributed by atoms with van der Waals surface area (Å²) in [6, 6.07) is 6.15. The first kappa shape index (κ1) is 15.3. The molecule has 1 aromatic carbocycles. The number of rotatable bonds is 6. The fourth-order valence-corrected chi connectivity index (χ4v) is 2.28. The lowest BCUT2D eigenvalue weighted by Gasteiger charge is -2.17. The number of ether oxygens (including phenoxy) is 2. The number of carboxylic acid groups (broad SMARTS) is 1. The van der Waals surface area contributed by atoms with Gasteiger partial charge in [-0.1, -0.05) is 12.1 Å². The molecule has 0 radical (unpaired) electrons. The first-order valence-corrected chi connectivity index (χ1v) is 6.88. The van der Waals surface area contributed by atoms with Crippen LogP contribution in [0.1, 0.15) is 18.4 Å². The van der Waals surface area contributed by atoms with Gasteiger partial charge in [-0.3, -0.25) is 4.79 Å². The van der Waals surface area contributed by atoms with Gasteiger partial charge in [0.2, 0.25) is 5.91 Å². The second kappa shape index (κ2) is 7.08. The minimum absolute atomic E-state index is 0.199. The van der Waals surface area contributed by atoms with Gasteiger partial charge in [-0.15, -0.1) is 0 Å². The van der Waals surface area contributed by atoms with Crippen molar-refractivity contribution in [3.8, 4) is 5.75 Å². The minimum Gasteiger partial charge on any atom is -0.497 e. The predicted molar refractivity (Wildman–Crippen MR) is 75.2 cm³/mol. The van der Waals surface area contributed by atoms with Crippen LogP contribution in [-0.4, -0.2) is 42.8 Å². The fraction of sp³-hybridized carbons (Fsp3) is 0.467. The topological polar surface area (TPSA) is 84.9 Å². The van der Waals surface area contributed by atoms with Crippen LogP contribution >= 0.6 is 0 Å². The maximum absolute atomic E-state index is 11.9. The summed E-state index contributed by atoms with van der Waals surface area (Å²) in [7, 11) is 1.55. The monoisotopic (exact) mass is 293 g/mol. The van der Waals surface area contributed by atoms with E-state index < -0.39 is 18.1 Å². The van der Waals surface area contributed by atoms with Gasteiger partial charge in [-0.2, -0.15) is 0 Å². The summed E-state index contributed by atoms with van der Waals surface area (Å²) in [6.07, 6.45) is 1.13. The third-order valence-corrected chi connectivity index (χ3v) is 3.41. The number of aliphatic carboxylic acids is 1. The number of nitrogens with one attached hydrogen (secondary N) is 1. The van der Waals surface area contributed by atoms with Crippen molar-refractivity contribution in [2.24, 2.45) is 0 Å². The summed E-state index contributed by atoms with van der Waals surface area (Å²) in [6.45, 7) is 0.547. The number of benzene rings is 1. The Morgan fingerprint density at radius 1 is 1.52 bits per heavy atom. The molecule has 6 nitrogen and oxygen atoms in total.